The number of amides is 1. The van der Waals surface area contributed by atoms with Crippen LogP contribution in [0.3, 0.4) is 0 Å². The lowest BCUT2D eigenvalue weighted by atomic mass is 10.1. The molecule has 0 saturated carbocycles. The van der Waals surface area contributed by atoms with Gasteiger partial charge in [0.25, 0.3) is 0 Å². The molecule has 0 bridgehead atoms. The van der Waals surface area contributed by atoms with E-state index in [2.05, 4.69) is 58.8 Å². The molecule has 0 aliphatic carbocycles. The number of carbonyl (C=O) groups is 1. The Labute approximate surface area is 174 Å². The predicted molar refractivity (Wildman–Crippen MR) is 116 cm³/mol. The van der Waals surface area contributed by atoms with Gasteiger partial charge in [0.2, 0.25) is 5.91 Å². The quantitative estimate of drug-likeness (QED) is 0.541. The van der Waals surface area contributed by atoms with Crippen LogP contribution in [0.25, 0.3) is 0 Å². The molecular formula is C21H24N4OS2. The van der Waals surface area contributed by atoms with Gasteiger partial charge < -0.3 is 9.88 Å². The number of thioether (sulfide) groups is 2. The highest BCUT2D eigenvalue weighted by molar-refractivity contribution is 7.99. The van der Waals surface area contributed by atoms with E-state index in [1.807, 2.05) is 29.8 Å². The summed E-state index contributed by atoms with van der Waals surface area (Å²) in [6.45, 7) is 2.72. The van der Waals surface area contributed by atoms with E-state index in [-0.39, 0.29) is 5.91 Å². The van der Waals surface area contributed by atoms with Crippen LogP contribution < -0.4 is 5.32 Å². The van der Waals surface area contributed by atoms with Gasteiger partial charge in [-0.2, -0.15) is 0 Å². The summed E-state index contributed by atoms with van der Waals surface area (Å²) in [5.41, 5.74) is 2.48. The lowest BCUT2D eigenvalue weighted by Gasteiger charge is -2.06. The third-order valence-corrected chi connectivity index (χ3v) is 6.25. The van der Waals surface area contributed by atoms with Crippen LogP contribution in [0, 0.1) is 6.92 Å². The summed E-state index contributed by atoms with van der Waals surface area (Å²) in [5, 5.41) is 12.2. The molecule has 0 unspecified atom stereocenters. The van der Waals surface area contributed by atoms with Crippen molar-refractivity contribution in [2.24, 2.45) is 7.05 Å². The maximum absolute atomic E-state index is 12.1. The number of carbonyl (C=O) groups excluding carboxylic acids is 1. The van der Waals surface area contributed by atoms with E-state index in [4.69, 9.17) is 0 Å². The van der Waals surface area contributed by atoms with E-state index in [1.54, 1.807) is 11.8 Å². The molecule has 0 atom stereocenters. The smallest absolute Gasteiger partial charge is 0.230 e. The number of hydrogen-bond acceptors (Lipinski definition) is 5. The Morgan fingerprint density at radius 2 is 1.79 bits per heavy atom. The van der Waals surface area contributed by atoms with Crippen LogP contribution >= 0.6 is 23.5 Å². The molecule has 5 nitrogen and oxygen atoms in total. The fraction of sp³-hybridized carbons (Fsp3) is 0.286. The Morgan fingerprint density at radius 1 is 1.04 bits per heavy atom. The number of hydrogen-bond donors (Lipinski definition) is 1. The number of benzene rings is 2. The molecule has 0 saturated heterocycles. The first-order valence-corrected chi connectivity index (χ1v) is 11.1. The highest BCUT2D eigenvalue weighted by Gasteiger charge is 2.11. The van der Waals surface area contributed by atoms with Crippen LogP contribution in [-0.4, -0.2) is 33.0 Å². The first-order valence-electron chi connectivity index (χ1n) is 9.13. The zero-order valence-corrected chi connectivity index (χ0v) is 17.7. The third kappa shape index (κ3) is 6.14. The van der Waals surface area contributed by atoms with Crippen LogP contribution in [0.2, 0.25) is 0 Å². The van der Waals surface area contributed by atoms with Crippen molar-refractivity contribution in [3.8, 4) is 0 Å². The van der Waals surface area contributed by atoms with Crippen LogP contribution in [-0.2, 0) is 24.0 Å². The monoisotopic (exact) mass is 412 g/mol. The van der Waals surface area contributed by atoms with Crippen molar-refractivity contribution in [2.75, 3.05) is 12.3 Å². The van der Waals surface area contributed by atoms with E-state index in [0.717, 1.165) is 23.2 Å². The van der Waals surface area contributed by atoms with Crippen molar-refractivity contribution in [1.82, 2.24) is 20.1 Å². The molecule has 2 aromatic carbocycles. The van der Waals surface area contributed by atoms with Gasteiger partial charge >= 0.3 is 0 Å². The fourth-order valence-corrected chi connectivity index (χ4v) is 4.19. The molecule has 3 rings (SSSR count). The molecule has 0 spiro atoms. The zero-order valence-electron chi connectivity index (χ0n) is 16.1. The van der Waals surface area contributed by atoms with Gasteiger partial charge in [-0.15, -0.1) is 22.0 Å². The second kappa shape index (κ2) is 10.3. The Morgan fingerprint density at radius 3 is 2.54 bits per heavy atom. The van der Waals surface area contributed by atoms with Gasteiger partial charge in [0.05, 0.1) is 11.5 Å². The van der Waals surface area contributed by atoms with E-state index >= 15 is 0 Å². The lowest BCUT2D eigenvalue weighted by Crippen LogP contribution is -2.27. The second-order valence-corrected chi connectivity index (χ2v) is 8.43. The minimum Gasteiger partial charge on any atom is -0.355 e. The summed E-state index contributed by atoms with van der Waals surface area (Å²) in [5.74, 6) is 2.00. The third-order valence-electron chi connectivity index (χ3n) is 4.23. The van der Waals surface area contributed by atoms with E-state index < -0.39 is 0 Å². The summed E-state index contributed by atoms with van der Waals surface area (Å²) >= 11 is 3.15. The average molecular weight is 413 g/mol. The predicted octanol–water partition coefficient (Wildman–Crippen LogP) is 3.87. The van der Waals surface area contributed by atoms with Crippen molar-refractivity contribution >= 4 is 29.4 Å². The Bertz CT molecular complexity index is 895. The SMILES string of the molecule is Cc1ccc(SCc2nnc(SCC(=O)NCCc3ccccc3)n2C)cc1. The summed E-state index contributed by atoms with van der Waals surface area (Å²) in [6.07, 6.45) is 0.835. The van der Waals surface area contributed by atoms with Crippen molar-refractivity contribution in [1.29, 1.82) is 0 Å². The van der Waals surface area contributed by atoms with E-state index in [9.17, 15) is 4.79 Å². The molecule has 1 aromatic heterocycles. The molecule has 28 heavy (non-hydrogen) atoms. The number of aryl methyl sites for hydroxylation is 1. The first-order chi connectivity index (χ1) is 13.6. The molecule has 0 fully saturated rings. The fourth-order valence-electron chi connectivity index (χ4n) is 2.55. The van der Waals surface area contributed by atoms with Crippen LogP contribution in [0.5, 0.6) is 0 Å². The topological polar surface area (TPSA) is 59.8 Å². The van der Waals surface area contributed by atoms with Crippen molar-refractivity contribution < 1.29 is 4.79 Å². The van der Waals surface area contributed by atoms with Gasteiger partial charge in [-0.3, -0.25) is 4.79 Å². The van der Waals surface area contributed by atoms with E-state index in [1.165, 1.54) is 27.8 Å². The van der Waals surface area contributed by atoms with Gasteiger partial charge in [0.1, 0.15) is 5.82 Å². The number of rotatable bonds is 9. The van der Waals surface area contributed by atoms with Crippen molar-refractivity contribution in [3.63, 3.8) is 0 Å². The van der Waals surface area contributed by atoms with Gasteiger partial charge in [0, 0.05) is 18.5 Å². The Hall–Kier alpha value is -2.25. The molecule has 1 heterocycles. The second-order valence-electron chi connectivity index (χ2n) is 6.43. The summed E-state index contributed by atoms with van der Waals surface area (Å²) in [6, 6.07) is 18.6. The average Bonchev–Trinajstić information content (AvgIpc) is 3.06. The summed E-state index contributed by atoms with van der Waals surface area (Å²) in [7, 11) is 1.95. The van der Waals surface area contributed by atoms with Crippen LogP contribution in [0.1, 0.15) is 17.0 Å². The molecule has 3 aromatic rings. The molecule has 1 N–H and O–H groups in total. The number of nitrogens with one attached hydrogen (secondary N) is 1. The zero-order chi connectivity index (χ0) is 19.8. The number of nitrogens with zero attached hydrogens (tertiary/aromatic N) is 3. The van der Waals surface area contributed by atoms with Gasteiger partial charge in [0.15, 0.2) is 5.16 Å². The Kier molecular flexibility index (Phi) is 7.56. The van der Waals surface area contributed by atoms with Crippen LogP contribution in [0.4, 0.5) is 0 Å². The normalized spacial score (nSPS) is 10.8. The van der Waals surface area contributed by atoms with Gasteiger partial charge in [-0.05, 0) is 31.0 Å². The van der Waals surface area contributed by atoms with Crippen molar-refractivity contribution in [2.45, 2.75) is 29.1 Å². The summed E-state index contributed by atoms with van der Waals surface area (Å²) in [4.78, 5) is 13.3. The summed E-state index contributed by atoms with van der Waals surface area (Å²) < 4.78 is 1.96. The molecule has 0 aliphatic heterocycles. The van der Waals surface area contributed by atoms with Gasteiger partial charge in [-0.25, -0.2) is 0 Å². The minimum atomic E-state index is 0.0134. The molecule has 0 radical (unpaired) electrons. The van der Waals surface area contributed by atoms with Gasteiger partial charge in [-0.1, -0.05) is 59.8 Å². The van der Waals surface area contributed by atoms with Crippen molar-refractivity contribution in [3.05, 3.63) is 71.5 Å². The largest absolute Gasteiger partial charge is 0.355 e. The molecule has 1 amide bonds. The Balaban J connectivity index is 1.42. The minimum absolute atomic E-state index is 0.0134. The van der Waals surface area contributed by atoms with E-state index in [0.29, 0.717) is 12.3 Å². The molecule has 7 heteroatoms. The molecular weight excluding hydrogens is 388 g/mol. The lowest BCUT2D eigenvalue weighted by molar-refractivity contribution is -0.118. The molecule has 146 valence electrons. The maximum Gasteiger partial charge on any atom is 0.230 e. The maximum atomic E-state index is 12.1. The first kappa shape index (κ1) is 20.5. The highest BCUT2D eigenvalue weighted by Crippen LogP contribution is 2.24. The van der Waals surface area contributed by atoms with Crippen LogP contribution in [0.15, 0.2) is 64.6 Å². The standard InChI is InChI=1S/C21H24N4OS2/c1-16-8-10-18(11-9-16)27-14-19-23-24-21(25(19)2)28-15-20(26)22-13-12-17-6-4-3-5-7-17/h3-11H,12-15H2,1-2H3,(H,22,26). The molecule has 0 aliphatic rings. The highest BCUT2D eigenvalue weighted by atomic mass is 32.2. The number of aromatic nitrogens is 3.